The molecule has 0 spiro atoms. The van der Waals surface area contributed by atoms with Crippen LogP contribution in [-0.2, 0) is 14.8 Å². The largest absolute Gasteiger partial charge is 0.339 e. The minimum Gasteiger partial charge on any atom is -0.339 e. The molecule has 140 valence electrons. The molecule has 0 aromatic heterocycles. The Morgan fingerprint density at radius 1 is 1.12 bits per heavy atom. The van der Waals surface area contributed by atoms with Crippen LogP contribution in [0.1, 0.15) is 46.0 Å². The third kappa shape index (κ3) is 2.95. The molecule has 2 aliphatic carbocycles. The predicted octanol–water partition coefficient (Wildman–Crippen LogP) is 2.25. The maximum absolute atomic E-state index is 13.2. The number of sulfonamides is 1. The molecule has 2 aliphatic heterocycles. The second-order valence-corrected chi connectivity index (χ2v) is 11.1. The van der Waals surface area contributed by atoms with Crippen molar-refractivity contribution >= 4 is 15.9 Å². The summed E-state index contributed by atoms with van der Waals surface area (Å²) in [5.74, 6) is 1.86. The molecule has 4 aliphatic rings. The molecule has 5 nitrogen and oxygen atoms in total. The van der Waals surface area contributed by atoms with Gasteiger partial charge in [-0.25, -0.2) is 12.7 Å². The third-order valence-corrected chi connectivity index (χ3v) is 9.11. The second-order valence-electron chi connectivity index (χ2n) is 8.63. The number of carbonyl (C=O) groups is 1. The number of amides is 1. The molecule has 1 amide bonds. The zero-order valence-electron chi connectivity index (χ0n) is 15.3. The van der Waals surface area contributed by atoms with E-state index in [1.807, 2.05) is 0 Å². The Morgan fingerprint density at radius 3 is 2.56 bits per heavy atom. The molecule has 4 rings (SSSR count). The molecule has 3 fully saturated rings. The average Bonchev–Trinajstić information content (AvgIpc) is 3.23. The summed E-state index contributed by atoms with van der Waals surface area (Å²) in [6, 6.07) is 0.239. The van der Waals surface area contributed by atoms with Crippen LogP contribution in [0.25, 0.3) is 0 Å². The number of allylic oxidation sites excluding steroid dienone is 2. The van der Waals surface area contributed by atoms with E-state index in [1.165, 1.54) is 0 Å². The number of likely N-dealkylation sites (tertiary alicyclic amines) is 1. The molecule has 2 bridgehead atoms. The first-order valence-electron chi connectivity index (χ1n) is 9.85. The Kier molecular flexibility index (Phi) is 4.47. The van der Waals surface area contributed by atoms with Crippen molar-refractivity contribution < 1.29 is 13.2 Å². The van der Waals surface area contributed by atoms with E-state index in [-0.39, 0.29) is 17.2 Å². The lowest BCUT2D eigenvalue weighted by Gasteiger charge is -2.48. The van der Waals surface area contributed by atoms with Gasteiger partial charge in [-0.3, -0.25) is 4.79 Å². The molecular weight excluding hydrogens is 336 g/mol. The zero-order chi connectivity index (χ0) is 17.8. The number of piperidine rings is 2. The summed E-state index contributed by atoms with van der Waals surface area (Å²) in [6.07, 6.45) is 9.52. The summed E-state index contributed by atoms with van der Waals surface area (Å²) in [7, 11) is -3.19. The first-order chi connectivity index (χ1) is 11.9. The summed E-state index contributed by atoms with van der Waals surface area (Å²) in [6.45, 7) is 5.50. The average molecular weight is 367 g/mol. The number of nitrogens with zero attached hydrogens (tertiary/aromatic N) is 2. The van der Waals surface area contributed by atoms with E-state index in [0.29, 0.717) is 36.8 Å². The molecule has 25 heavy (non-hydrogen) atoms. The highest BCUT2D eigenvalue weighted by Crippen LogP contribution is 2.45. The summed E-state index contributed by atoms with van der Waals surface area (Å²) in [4.78, 5) is 15.3. The van der Waals surface area contributed by atoms with Gasteiger partial charge in [-0.1, -0.05) is 12.2 Å². The Bertz CT molecular complexity index is 672. The van der Waals surface area contributed by atoms with E-state index in [1.54, 1.807) is 18.2 Å². The third-order valence-electron chi connectivity index (χ3n) is 6.87. The molecule has 5 atom stereocenters. The molecule has 0 aromatic rings. The van der Waals surface area contributed by atoms with Gasteiger partial charge in [0.25, 0.3) is 0 Å². The monoisotopic (exact) mass is 366 g/mol. The normalized spacial score (nSPS) is 38.4. The standard InChI is InChI=1S/C19H30N2O3S/c1-13(2)25(23,24)20-9-7-18-16(12-20)4-3-8-21(18)19(22)17-11-14-5-6-15(17)10-14/h5-6,13-18H,3-4,7-12H2,1-2H3/t14-,15+,16-,17-,18-/m1/s1. The lowest BCUT2D eigenvalue weighted by Crippen LogP contribution is -2.58. The van der Waals surface area contributed by atoms with Crippen molar-refractivity contribution in [3.8, 4) is 0 Å². The van der Waals surface area contributed by atoms with Crippen molar-refractivity contribution in [1.82, 2.24) is 9.21 Å². The molecule has 0 N–H and O–H groups in total. The fourth-order valence-electron chi connectivity index (χ4n) is 5.45. The van der Waals surface area contributed by atoms with Crippen molar-refractivity contribution in [2.45, 2.75) is 57.2 Å². The van der Waals surface area contributed by atoms with Gasteiger partial charge in [0.05, 0.1) is 5.25 Å². The van der Waals surface area contributed by atoms with Crippen LogP contribution in [0.3, 0.4) is 0 Å². The zero-order valence-corrected chi connectivity index (χ0v) is 16.1. The van der Waals surface area contributed by atoms with Gasteiger partial charge < -0.3 is 4.90 Å². The Hall–Kier alpha value is -0.880. The van der Waals surface area contributed by atoms with Crippen molar-refractivity contribution in [2.24, 2.45) is 23.7 Å². The fraction of sp³-hybridized carbons (Fsp3) is 0.842. The molecule has 0 aromatic carbocycles. The van der Waals surface area contributed by atoms with Gasteiger partial charge in [-0.2, -0.15) is 0 Å². The van der Waals surface area contributed by atoms with Gasteiger partial charge in [-0.15, -0.1) is 0 Å². The van der Waals surface area contributed by atoms with Gasteiger partial charge in [0.15, 0.2) is 0 Å². The molecule has 0 unspecified atom stereocenters. The van der Waals surface area contributed by atoms with E-state index in [4.69, 9.17) is 0 Å². The van der Waals surface area contributed by atoms with Crippen molar-refractivity contribution in [3.63, 3.8) is 0 Å². The fourth-order valence-corrected chi connectivity index (χ4v) is 6.81. The highest BCUT2D eigenvalue weighted by atomic mass is 32.2. The molecule has 6 heteroatoms. The van der Waals surface area contributed by atoms with Crippen LogP contribution in [-0.4, -0.2) is 54.5 Å². The Labute approximate surface area is 151 Å². The Balaban J connectivity index is 1.47. The van der Waals surface area contributed by atoms with Crippen LogP contribution in [0.4, 0.5) is 0 Å². The number of fused-ring (bicyclic) bond motifs is 3. The maximum Gasteiger partial charge on any atom is 0.226 e. The van der Waals surface area contributed by atoms with Crippen LogP contribution < -0.4 is 0 Å². The van der Waals surface area contributed by atoms with Crippen LogP contribution in [0.2, 0.25) is 0 Å². The molecule has 2 heterocycles. The van der Waals surface area contributed by atoms with Gasteiger partial charge >= 0.3 is 0 Å². The molecule has 0 radical (unpaired) electrons. The first kappa shape index (κ1) is 17.5. The topological polar surface area (TPSA) is 57.7 Å². The maximum atomic E-state index is 13.2. The molecule has 1 saturated carbocycles. The van der Waals surface area contributed by atoms with Crippen LogP contribution in [0, 0.1) is 23.7 Å². The van der Waals surface area contributed by atoms with Crippen LogP contribution in [0.5, 0.6) is 0 Å². The number of hydrogen-bond donors (Lipinski definition) is 0. The first-order valence-corrected chi connectivity index (χ1v) is 11.4. The highest BCUT2D eigenvalue weighted by molar-refractivity contribution is 7.89. The number of carbonyl (C=O) groups excluding carboxylic acids is 1. The molecular formula is C19H30N2O3S. The van der Waals surface area contributed by atoms with E-state index >= 15 is 0 Å². The van der Waals surface area contributed by atoms with E-state index in [9.17, 15) is 13.2 Å². The lowest BCUT2D eigenvalue weighted by atomic mass is 9.82. The predicted molar refractivity (Wildman–Crippen MR) is 97.3 cm³/mol. The minimum atomic E-state index is -3.19. The van der Waals surface area contributed by atoms with Gasteiger partial charge in [0, 0.05) is 31.6 Å². The van der Waals surface area contributed by atoms with E-state index < -0.39 is 10.0 Å². The quantitative estimate of drug-likeness (QED) is 0.720. The Morgan fingerprint density at radius 2 is 1.92 bits per heavy atom. The lowest BCUT2D eigenvalue weighted by molar-refractivity contribution is -0.143. The van der Waals surface area contributed by atoms with Crippen molar-refractivity contribution in [3.05, 3.63) is 12.2 Å². The summed E-state index contributed by atoms with van der Waals surface area (Å²) in [5.41, 5.74) is 0. The van der Waals surface area contributed by atoms with Gasteiger partial charge in [-0.05, 0) is 63.7 Å². The highest BCUT2D eigenvalue weighted by Gasteiger charge is 2.46. The van der Waals surface area contributed by atoms with Crippen molar-refractivity contribution in [1.29, 1.82) is 0 Å². The number of rotatable bonds is 3. The van der Waals surface area contributed by atoms with Gasteiger partial charge in [0.1, 0.15) is 0 Å². The molecule has 2 saturated heterocycles. The number of hydrogen-bond acceptors (Lipinski definition) is 3. The second kappa shape index (κ2) is 6.38. The van der Waals surface area contributed by atoms with Crippen LogP contribution in [0.15, 0.2) is 12.2 Å². The SMILES string of the molecule is CC(C)S(=O)(=O)N1CC[C@@H]2[C@H](CCCN2C(=O)[C@@H]2C[C@@H]3C=C[C@H]2C3)C1. The van der Waals surface area contributed by atoms with Crippen molar-refractivity contribution in [2.75, 3.05) is 19.6 Å². The smallest absolute Gasteiger partial charge is 0.226 e. The van der Waals surface area contributed by atoms with Crippen LogP contribution >= 0.6 is 0 Å². The van der Waals surface area contributed by atoms with Gasteiger partial charge in [0.2, 0.25) is 15.9 Å². The summed E-state index contributed by atoms with van der Waals surface area (Å²) >= 11 is 0. The van der Waals surface area contributed by atoms with E-state index in [0.717, 1.165) is 38.6 Å². The summed E-state index contributed by atoms with van der Waals surface area (Å²) in [5, 5.41) is -0.369. The summed E-state index contributed by atoms with van der Waals surface area (Å²) < 4.78 is 26.7. The minimum absolute atomic E-state index is 0.172. The van der Waals surface area contributed by atoms with E-state index in [2.05, 4.69) is 17.1 Å².